The van der Waals surface area contributed by atoms with Gasteiger partial charge in [0.2, 0.25) is 0 Å². The van der Waals surface area contributed by atoms with E-state index in [9.17, 15) is 0 Å². The fourth-order valence-corrected chi connectivity index (χ4v) is 19.8. The number of unbranched alkanes of at least 4 members (excludes halogenated alkanes) is 16. The fraction of sp³-hybridized carbons (Fsp3) is 0.432. The number of fused-ring (bicyclic) bond motifs is 22. The molecule has 506 valence electrons. The molecule has 0 radical (unpaired) electrons. The van der Waals surface area contributed by atoms with E-state index >= 15 is 0 Å². The summed E-state index contributed by atoms with van der Waals surface area (Å²) in [6.45, 7) is 28.9. The van der Waals surface area contributed by atoms with Gasteiger partial charge in [0.05, 0.1) is 0 Å². The summed E-state index contributed by atoms with van der Waals surface area (Å²) in [7, 11) is 0. The molecule has 4 aliphatic carbocycles. The molecule has 0 atom stereocenters. The van der Waals surface area contributed by atoms with Gasteiger partial charge in [0.15, 0.2) is 0 Å². The molecular weight excluding hydrogens is 1190 g/mol. The molecule has 0 saturated carbocycles. The van der Waals surface area contributed by atoms with Crippen LogP contribution in [-0.4, -0.2) is 0 Å². The number of hydrogen-bond donors (Lipinski definition) is 0. The maximum Gasteiger partial charge on any atom is 0.144 e. The highest BCUT2D eigenvalue weighted by molar-refractivity contribution is 6.21. The highest BCUT2D eigenvalue weighted by Gasteiger charge is 2.54. The molecule has 15 rings (SSSR count). The predicted molar refractivity (Wildman–Crippen MR) is 420 cm³/mol. The molecule has 98 heavy (non-hydrogen) atoms. The number of para-hydroxylation sites is 2. The zero-order valence-corrected chi connectivity index (χ0v) is 61.7. The lowest BCUT2D eigenvalue weighted by molar-refractivity contribution is 0.369. The first-order valence-corrected chi connectivity index (χ1v) is 39.0. The van der Waals surface area contributed by atoms with E-state index in [1.807, 2.05) is 0 Å². The summed E-state index contributed by atoms with van der Waals surface area (Å²) in [6, 6.07) is 60.2. The van der Waals surface area contributed by atoms with Crippen LogP contribution < -0.4 is 4.90 Å². The Hall–Kier alpha value is -7.62. The zero-order chi connectivity index (χ0) is 67.9. The molecule has 4 aliphatic rings. The van der Waals surface area contributed by atoms with Crippen molar-refractivity contribution in [3.63, 3.8) is 0 Å². The lowest BCUT2D eigenvalue weighted by Gasteiger charge is -2.40. The molecule has 2 heterocycles. The Morgan fingerprint density at radius 3 is 1.45 bits per heavy atom. The summed E-state index contributed by atoms with van der Waals surface area (Å²) < 4.78 is 14.2. The first-order valence-electron chi connectivity index (χ1n) is 39.0. The number of hydrogen-bond acceptors (Lipinski definition) is 3. The third kappa shape index (κ3) is 10.7. The zero-order valence-electron chi connectivity index (χ0n) is 61.7. The van der Waals surface area contributed by atoms with Crippen molar-refractivity contribution in [2.45, 2.75) is 264 Å². The number of aryl methyl sites for hydroxylation is 1. The van der Waals surface area contributed by atoms with Gasteiger partial charge in [0, 0.05) is 65.8 Å². The normalized spacial score (nSPS) is 15.4. The fourth-order valence-electron chi connectivity index (χ4n) is 19.8. The Kier molecular flexibility index (Phi) is 17.7. The van der Waals surface area contributed by atoms with E-state index in [0.29, 0.717) is 0 Å². The Bertz CT molecular complexity index is 4800. The van der Waals surface area contributed by atoms with Crippen LogP contribution in [0.5, 0.6) is 0 Å². The van der Waals surface area contributed by atoms with Crippen molar-refractivity contribution in [1.82, 2.24) is 0 Å². The van der Waals surface area contributed by atoms with E-state index in [2.05, 4.69) is 240 Å². The Labute approximate surface area is 587 Å². The van der Waals surface area contributed by atoms with Gasteiger partial charge in [-0.3, -0.25) is 0 Å². The first-order chi connectivity index (χ1) is 47.5. The van der Waals surface area contributed by atoms with Gasteiger partial charge >= 0.3 is 0 Å². The van der Waals surface area contributed by atoms with Crippen LogP contribution >= 0.6 is 0 Å². The molecule has 3 nitrogen and oxygen atoms in total. The Balaban J connectivity index is 0.975. The monoisotopic (exact) mass is 1300 g/mol. The summed E-state index contributed by atoms with van der Waals surface area (Å²) >= 11 is 0. The van der Waals surface area contributed by atoms with Gasteiger partial charge < -0.3 is 13.7 Å². The minimum atomic E-state index is -0.291. The minimum Gasteiger partial charge on any atom is -0.456 e. The highest BCUT2D eigenvalue weighted by atomic mass is 16.3. The molecule has 0 amide bonds. The van der Waals surface area contributed by atoms with Crippen LogP contribution in [0.2, 0.25) is 0 Å². The van der Waals surface area contributed by atoms with E-state index in [1.165, 1.54) is 258 Å². The summed E-state index contributed by atoms with van der Waals surface area (Å²) in [5, 5.41) is 5.03. The van der Waals surface area contributed by atoms with Crippen molar-refractivity contribution in [3.8, 4) is 44.5 Å². The first kappa shape index (κ1) is 66.3. The van der Waals surface area contributed by atoms with E-state index in [4.69, 9.17) is 8.83 Å². The molecule has 0 aliphatic heterocycles. The van der Waals surface area contributed by atoms with Gasteiger partial charge in [-0.1, -0.05) is 301 Å². The highest BCUT2D eigenvalue weighted by Crippen LogP contribution is 2.68. The van der Waals surface area contributed by atoms with Crippen molar-refractivity contribution >= 4 is 60.9 Å². The van der Waals surface area contributed by atoms with Crippen molar-refractivity contribution in [2.75, 3.05) is 4.90 Å². The van der Waals surface area contributed by atoms with Crippen molar-refractivity contribution in [2.24, 2.45) is 0 Å². The lowest BCUT2D eigenvalue weighted by atomic mass is 9.62. The van der Waals surface area contributed by atoms with Crippen LogP contribution in [0.4, 0.5) is 17.1 Å². The van der Waals surface area contributed by atoms with Gasteiger partial charge in [0.25, 0.3) is 0 Å². The van der Waals surface area contributed by atoms with E-state index in [-0.39, 0.29) is 27.1 Å². The molecule has 0 bridgehead atoms. The number of rotatable bonds is 27. The quantitative estimate of drug-likeness (QED) is 0.0481. The average Bonchev–Trinajstić information content (AvgIpc) is 1.49. The van der Waals surface area contributed by atoms with E-state index < -0.39 is 0 Å². The van der Waals surface area contributed by atoms with Crippen LogP contribution in [0, 0.1) is 6.92 Å². The predicted octanol–water partition coefficient (Wildman–Crippen LogP) is 29.1. The molecule has 11 aromatic rings. The van der Waals surface area contributed by atoms with E-state index in [1.54, 1.807) is 22.3 Å². The minimum absolute atomic E-state index is 0.144. The molecular formula is C95H109NO2. The van der Waals surface area contributed by atoms with Crippen molar-refractivity contribution in [3.05, 3.63) is 207 Å². The second-order valence-electron chi connectivity index (χ2n) is 32.9. The van der Waals surface area contributed by atoms with Crippen molar-refractivity contribution < 1.29 is 8.83 Å². The molecule has 0 fully saturated rings. The number of furan rings is 2. The molecule has 0 saturated heterocycles. The number of benzene rings is 9. The summed E-state index contributed by atoms with van der Waals surface area (Å²) in [4.78, 5) is 2.72. The van der Waals surface area contributed by atoms with Crippen LogP contribution in [0.3, 0.4) is 0 Å². The molecule has 9 aromatic carbocycles. The van der Waals surface area contributed by atoms with Crippen LogP contribution in [0.25, 0.3) is 88.4 Å². The second-order valence-corrected chi connectivity index (χ2v) is 32.9. The number of nitrogens with zero attached hydrogens (tertiary/aromatic N) is 1. The van der Waals surface area contributed by atoms with Crippen molar-refractivity contribution in [1.29, 1.82) is 0 Å². The van der Waals surface area contributed by atoms with Gasteiger partial charge in [-0.2, -0.15) is 0 Å². The van der Waals surface area contributed by atoms with Gasteiger partial charge in [-0.15, -0.1) is 0 Å². The molecule has 0 N–H and O–H groups in total. The van der Waals surface area contributed by atoms with Gasteiger partial charge in [0.1, 0.15) is 22.3 Å². The maximum absolute atomic E-state index is 7.59. The third-order valence-corrected chi connectivity index (χ3v) is 24.8. The van der Waals surface area contributed by atoms with Gasteiger partial charge in [-0.25, -0.2) is 0 Å². The SMILES string of the molecule is CCCCCCCC1(CCCCCCC)c2ccccc2-c2c1c1c(c3c2oc2ccccc23)-c2ccc(N(c3ccc4c(c3)C(C)(C)c3cc5c(cc3-4)C(C)(C)c3ccc4oc6ccccc6c4c3-5)c3ccc(C)cc3C(C)(C)C)cc2C1(CCCCCCC)CCCCCCC. The molecule has 3 heteroatoms. The maximum atomic E-state index is 7.59. The lowest BCUT2D eigenvalue weighted by Crippen LogP contribution is -2.33. The van der Waals surface area contributed by atoms with Crippen LogP contribution in [0.1, 0.15) is 286 Å². The summed E-state index contributed by atoms with van der Waals surface area (Å²) in [5.74, 6) is 0. The third-order valence-electron chi connectivity index (χ3n) is 24.8. The van der Waals surface area contributed by atoms with Crippen LogP contribution in [0.15, 0.2) is 160 Å². The second kappa shape index (κ2) is 26.2. The van der Waals surface area contributed by atoms with Crippen LogP contribution in [-0.2, 0) is 27.1 Å². The smallest absolute Gasteiger partial charge is 0.144 e. The average molecular weight is 1300 g/mol. The molecule has 0 spiro atoms. The topological polar surface area (TPSA) is 29.5 Å². The largest absolute Gasteiger partial charge is 0.456 e. The number of anilines is 3. The molecule has 0 unspecified atom stereocenters. The van der Waals surface area contributed by atoms with E-state index in [0.717, 1.165) is 35.2 Å². The summed E-state index contributed by atoms with van der Waals surface area (Å²) in [5.41, 5.74) is 32.6. The Morgan fingerprint density at radius 1 is 0.357 bits per heavy atom. The summed E-state index contributed by atoms with van der Waals surface area (Å²) in [6.07, 6.45) is 29.9. The van der Waals surface area contributed by atoms with Gasteiger partial charge in [-0.05, 0) is 188 Å². The standard InChI is InChI=1S/C95H109NO2/c1-13-17-21-25-35-53-94(54-36-26-22-18-14-2)72-42-32-29-39-66(72)87-89(94)88-85(86-69-41-31-34-44-81(69)98-90(86)87)67-49-47-64(59-77(67)95(88,55-37-27-23-19-15-3)56-38-28-24-20-16-4)96(79-51-45-62(5)57-78(79)91(6,7)8)63-46-48-65-70-60-76-71(61-75(70)93(11,12)74(65)58-63)83-73(92(76,9)10)50-52-82-84(83)68-40-30-33-43-80(68)97-82/h29-34,39-52,57-61H,13-28,35-38,53-56H2,1-12H3. The molecule has 2 aromatic heterocycles. The Morgan fingerprint density at radius 2 is 0.837 bits per heavy atom.